The summed E-state index contributed by atoms with van der Waals surface area (Å²) in [5.41, 5.74) is -0.511. The molecule has 0 aromatic carbocycles. The third-order valence-corrected chi connectivity index (χ3v) is 3.79. The molecule has 0 aromatic heterocycles. The number of aliphatic imine (C=N–C) groups is 1. The molecule has 2 unspecified atom stereocenters. The number of carbonyl (C=O) groups is 1. The summed E-state index contributed by atoms with van der Waals surface area (Å²) in [6.07, 6.45) is 1.57. The topological polar surface area (TPSA) is 62.7 Å². The molecule has 0 aliphatic carbocycles. The van der Waals surface area contributed by atoms with Gasteiger partial charge in [-0.1, -0.05) is 27.7 Å². The molecule has 2 fully saturated rings. The van der Waals surface area contributed by atoms with Gasteiger partial charge in [0.05, 0.1) is 6.10 Å². The average molecular weight is 267 g/mol. The summed E-state index contributed by atoms with van der Waals surface area (Å²) < 4.78 is 5.75. The largest absolute Gasteiger partial charge is 0.378 e. The number of hydrogen-bond donors (Lipinski definition) is 2. The number of nitrogens with one attached hydrogen (secondary N) is 2. The predicted molar refractivity (Wildman–Crippen MR) is 75.0 cm³/mol. The molecule has 2 aliphatic heterocycles. The lowest BCUT2D eigenvalue weighted by molar-refractivity contribution is -0.131. The number of carbonyl (C=O) groups excluding carboxylic acids is 1. The van der Waals surface area contributed by atoms with Crippen LogP contribution in [0.5, 0.6) is 0 Å². The predicted octanol–water partition coefficient (Wildman–Crippen LogP) is 1.29. The van der Waals surface area contributed by atoms with Crippen LogP contribution in [-0.4, -0.2) is 36.7 Å². The fourth-order valence-electron chi connectivity index (χ4n) is 2.53. The first-order chi connectivity index (χ1) is 8.93. The van der Waals surface area contributed by atoms with Crippen LogP contribution in [0.25, 0.3) is 0 Å². The summed E-state index contributed by atoms with van der Waals surface area (Å²) in [5.74, 6) is 1.58. The van der Waals surface area contributed by atoms with Gasteiger partial charge in [-0.3, -0.25) is 15.1 Å². The van der Waals surface area contributed by atoms with E-state index in [0.717, 1.165) is 13.0 Å². The Hall–Kier alpha value is -1.10. The average Bonchev–Trinajstić information content (AvgIpc) is 2.64. The van der Waals surface area contributed by atoms with Crippen LogP contribution in [0.1, 0.15) is 40.5 Å². The van der Waals surface area contributed by atoms with Gasteiger partial charge in [0.15, 0.2) is 5.96 Å². The van der Waals surface area contributed by atoms with E-state index in [1.165, 1.54) is 0 Å². The highest BCUT2D eigenvalue weighted by molar-refractivity contribution is 6.09. The second-order valence-electron chi connectivity index (χ2n) is 6.35. The smallest absolute Gasteiger partial charge is 0.252 e. The number of nitrogens with zero attached hydrogens (tertiary/aromatic N) is 1. The summed E-state index contributed by atoms with van der Waals surface area (Å²) >= 11 is 0. The van der Waals surface area contributed by atoms with Crippen molar-refractivity contribution >= 4 is 11.9 Å². The van der Waals surface area contributed by atoms with Crippen molar-refractivity contribution in [1.82, 2.24) is 10.6 Å². The molecule has 2 aliphatic rings. The summed E-state index contributed by atoms with van der Waals surface area (Å²) in [7, 11) is 0. The fraction of sp³-hybridized carbons (Fsp3) is 0.857. The molecule has 1 spiro atoms. The van der Waals surface area contributed by atoms with Gasteiger partial charge in [-0.05, 0) is 11.8 Å². The molecule has 0 radical (unpaired) electrons. The maximum Gasteiger partial charge on any atom is 0.252 e. The van der Waals surface area contributed by atoms with Gasteiger partial charge in [-0.25, -0.2) is 0 Å². The minimum Gasteiger partial charge on any atom is -0.378 e. The van der Waals surface area contributed by atoms with Crippen LogP contribution in [0, 0.1) is 11.8 Å². The van der Waals surface area contributed by atoms with Gasteiger partial charge in [-0.2, -0.15) is 0 Å². The van der Waals surface area contributed by atoms with Gasteiger partial charge in [0.2, 0.25) is 0 Å². The Labute approximate surface area is 115 Å². The molecule has 2 rings (SSSR count). The Bertz CT molecular complexity index is 379. The van der Waals surface area contributed by atoms with E-state index in [4.69, 9.17) is 4.74 Å². The third kappa shape index (κ3) is 3.08. The quantitative estimate of drug-likeness (QED) is 0.810. The van der Waals surface area contributed by atoms with E-state index in [-0.39, 0.29) is 12.0 Å². The van der Waals surface area contributed by atoms with Gasteiger partial charge in [0.1, 0.15) is 5.54 Å². The van der Waals surface area contributed by atoms with Crippen molar-refractivity contribution in [3.05, 3.63) is 0 Å². The maximum absolute atomic E-state index is 12.3. The van der Waals surface area contributed by atoms with Crippen molar-refractivity contribution in [2.45, 2.75) is 52.2 Å². The number of guanidine groups is 1. The van der Waals surface area contributed by atoms with Crippen molar-refractivity contribution < 1.29 is 9.53 Å². The maximum atomic E-state index is 12.3. The molecule has 0 bridgehead atoms. The Balaban J connectivity index is 2.07. The Morgan fingerprint density at radius 1 is 1.42 bits per heavy atom. The molecule has 19 heavy (non-hydrogen) atoms. The molecule has 1 amide bonds. The number of amides is 1. The van der Waals surface area contributed by atoms with E-state index < -0.39 is 5.54 Å². The van der Waals surface area contributed by atoms with Crippen molar-refractivity contribution in [2.75, 3.05) is 13.2 Å². The standard InChI is InChI=1S/C14H25N3O2/c1-9(2)8-15-13-16-12(18)14(17-13)5-6-19-11(7-14)10(3)4/h9-11H,5-8H2,1-4H3,(H2,15,16,17,18). The van der Waals surface area contributed by atoms with Gasteiger partial charge in [-0.15, -0.1) is 0 Å². The first-order valence-electron chi connectivity index (χ1n) is 7.18. The van der Waals surface area contributed by atoms with Crippen molar-refractivity contribution in [3.63, 3.8) is 0 Å². The van der Waals surface area contributed by atoms with Gasteiger partial charge in [0.25, 0.3) is 5.91 Å². The molecule has 2 saturated heterocycles. The number of hydrogen-bond acceptors (Lipinski definition) is 3. The van der Waals surface area contributed by atoms with E-state index in [1.807, 2.05) is 0 Å². The molecule has 2 N–H and O–H groups in total. The molecule has 5 heteroatoms. The molecule has 0 aromatic rings. The number of rotatable bonds is 3. The highest BCUT2D eigenvalue weighted by atomic mass is 16.5. The van der Waals surface area contributed by atoms with E-state index in [0.29, 0.717) is 30.8 Å². The van der Waals surface area contributed by atoms with E-state index in [2.05, 4.69) is 43.3 Å². The summed E-state index contributed by atoms with van der Waals surface area (Å²) in [6.45, 7) is 9.83. The second-order valence-corrected chi connectivity index (χ2v) is 6.35. The SMILES string of the molecule is CC(C)CN=C1NC(=O)C2(CCOC(C(C)C)C2)N1. The fourth-order valence-corrected chi connectivity index (χ4v) is 2.53. The minimum atomic E-state index is -0.511. The highest BCUT2D eigenvalue weighted by Gasteiger charge is 2.49. The molecular weight excluding hydrogens is 242 g/mol. The molecule has 2 atom stereocenters. The van der Waals surface area contributed by atoms with Crippen LogP contribution in [-0.2, 0) is 9.53 Å². The summed E-state index contributed by atoms with van der Waals surface area (Å²) in [6, 6.07) is 0. The minimum absolute atomic E-state index is 0.0453. The lowest BCUT2D eigenvalue weighted by atomic mass is 9.83. The Morgan fingerprint density at radius 2 is 2.16 bits per heavy atom. The zero-order chi connectivity index (χ0) is 14.0. The van der Waals surface area contributed by atoms with Crippen LogP contribution in [0.3, 0.4) is 0 Å². The lowest BCUT2D eigenvalue weighted by Gasteiger charge is -2.37. The van der Waals surface area contributed by atoms with Crippen LogP contribution in [0.2, 0.25) is 0 Å². The third-order valence-electron chi connectivity index (χ3n) is 3.79. The Morgan fingerprint density at radius 3 is 2.79 bits per heavy atom. The molecule has 0 saturated carbocycles. The van der Waals surface area contributed by atoms with Crippen LogP contribution < -0.4 is 10.6 Å². The first kappa shape index (κ1) is 14.3. The van der Waals surface area contributed by atoms with Gasteiger partial charge >= 0.3 is 0 Å². The van der Waals surface area contributed by atoms with Crippen LogP contribution >= 0.6 is 0 Å². The lowest BCUT2D eigenvalue weighted by Crippen LogP contribution is -2.54. The van der Waals surface area contributed by atoms with Crippen molar-refractivity contribution in [3.8, 4) is 0 Å². The van der Waals surface area contributed by atoms with Gasteiger partial charge in [0, 0.05) is 26.0 Å². The summed E-state index contributed by atoms with van der Waals surface area (Å²) in [5, 5.41) is 6.18. The summed E-state index contributed by atoms with van der Waals surface area (Å²) in [4.78, 5) is 16.7. The molecule has 108 valence electrons. The second kappa shape index (κ2) is 5.49. The monoisotopic (exact) mass is 267 g/mol. The number of ether oxygens (including phenoxy) is 1. The van der Waals surface area contributed by atoms with E-state index >= 15 is 0 Å². The van der Waals surface area contributed by atoms with E-state index in [1.54, 1.807) is 0 Å². The van der Waals surface area contributed by atoms with Crippen LogP contribution in [0.15, 0.2) is 4.99 Å². The zero-order valence-corrected chi connectivity index (χ0v) is 12.3. The molecular formula is C14H25N3O2. The van der Waals surface area contributed by atoms with Gasteiger partial charge < -0.3 is 10.1 Å². The molecule has 2 heterocycles. The van der Waals surface area contributed by atoms with Crippen molar-refractivity contribution in [2.24, 2.45) is 16.8 Å². The van der Waals surface area contributed by atoms with Crippen LogP contribution in [0.4, 0.5) is 0 Å². The molecule has 5 nitrogen and oxygen atoms in total. The normalized spacial score (nSPS) is 33.3. The first-order valence-corrected chi connectivity index (χ1v) is 7.18. The van der Waals surface area contributed by atoms with E-state index in [9.17, 15) is 4.79 Å². The zero-order valence-electron chi connectivity index (χ0n) is 12.3. The highest BCUT2D eigenvalue weighted by Crippen LogP contribution is 2.30. The van der Waals surface area contributed by atoms with Crippen molar-refractivity contribution in [1.29, 1.82) is 0 Å². The Kier molecular flexibility index (Phi) is 4.13.